The van der Waals surface area contributed by atoms with Gasteiger partial charge in [0.05, 0.1) is 18.3 Å². The third-order valence-electron chi connectivity index (χ3n) is 3.85. The van der Waals surface area contributed by atoms with Gasteiger partial charge in [-0.15, -0.1) is 11.8 Å². The topological polar surface area (TPSA) is 33.5 Å². The van der Waals surface area contributed by atoms with Gasteiger partial charge in [-0.25, -0.2) is 0 Å². The van der Waals surface area contributed by atoms with E-state index in [1.165, 1.54) is 24.2 Å². The van der Waals surface area contributed by atoms with Gasteiger partial charge in [-0.3, -0.25) is 4.79 Å². The van der Waals surface area contributed by atoms with E-state index in [9.17, 15) is 4.79 Å². The summed E-state index contributed by atoms with van der Waals surface area (Å²) in [6, 6.07) is 8.58. The third-order valence-corrected chi connectivity index (χ3v) is 4.65. The first kappa shape index (κ1) is 14.4. The molecule has 1 heterocycles. The van der Waals surface area contributed by atoms with Crippen molar-refractivity contribution in [1.82, 2.24) is 0 Å². The average Bonchev–Trinajstić information content (AvgIpc) is 2.42. The molecule has 1 aliphatic rings. The van der Waals surface area contributed by atoms with E-state index in [0.29, 0.717) is 12.6 Å². The Morgan fingerprint density at radius 1 is 1.42 bits per heavy atom. The highest BCUT2D eigenvalue weighted by Gasteiger charge is 2.24. The molecule has 0 bridgehead atoms. The van der Waals surface area contributed by atoms with Crippen molar-refractivity contribution in [1.29, 1.82) is 0 Å². The normalized spacial score (nSPS) is 23.1. The molecule has 0 aliphatic carbocycles. The van der Waals surface area contributed by atoms with Gasteiger partial charge in [0.25, 0.3) is 5.91 Å². The minimum Gasteiger partial charge on any atom is -0.325 e. The number of benzene rings is 1. The number of carbonyl (C=O) groups is 1. The number of likely N-dealkylation sites (tertiary alicyclic amines) is 1. The highest BCUT2D eigenvalue weighted by atomic mass is 32.2. The van der Waals surface area contributed by atoms with Gasteiger partial charge in [-0.1, -0.05) is 12.1 Å². The van der Waals surface area contributed by atoms with Crippen LogP contribution >= 0.6 is 11.8 Å². The number of nitrogens with one attached hydrogen (secondary N) is 2. The lowest BCUT2D eigenvalue weighted by molar-refractivity contribution is -0.920. The highest BCUT2D eigenvalue weighted by molar-refractivity contribution is 7.98. The van der Waals surface area contributed by atoms with Gasteiger partial charge in [0, 0.05) is 4.90 Å². The summed E-state index contributed by atoms with van der Waals surface area (Å²) in [5.74, 6) is 0.130. The van der Waals surface area contributed by atoms with Crippen molar-refractivity contribution in [2.24, 2.45) is 0 Å². The molecule has 0 radical (unpaired) electrons. The Morgan fingerprint density at radius 3 is 2.95 bits per heavy atom. The van der Waals surface area contributed by atoms with E-state index in [4.69, 9.17) is 0 Å². The van der Waals surface area contributed by atoms with Crippen molar-refractivity contribution in [2.75, 3.05) is 24.7 Å². The molecule has 2 N–H and O–H groups in total. The molecule has 0 saturated carbocycles. The summed E-state index contributed by atoms with van der Waals surface area (Å²) in [5.41, 5.74) is 0.934. The Bertz CT molecular complexity index is 436. The van der Waals surface area contributed by atoms with E-state index in [1.54, 1.807) is 11.8 Å². The number of rotatable bonds is 4. The number of hydrogen-bond donors (Lipinski definition) is 2. The van der Waals surface area contributed by atoms with E-state index in [2.05, 4.69) is 12.2 Å². The van der Waals surface area contributed by atoms with Gasteiger partial charge in [0.2, 0.25) is 0 Å². The maximum absolute atomic E-state index is 12.2. The molecule has 1 unspecified atom stereocenters. The second-order valence-electron chi connectivity index (χ2n) is 5.23. The van der Waals surface area contributed by atoms with Gasteiger partial charge in [0.15, 0.2) is 6.54 Å². The fourth-order valence-electron chi connectivity index (χ4n) is 2.66. The third kappa shape index (κ3) is 3.98. The minimum absolute atomic E-state index is 0.130. The molecule has 4 heteroatoms. The number of quaternary nitrogens is 1. The zero-order valence-electron chi connectivity index (χ0n) is 11.7. The largest absolute Gasteiger partial charge is 0.325 e. The number of amides is 1. The minimum atomic E-state index is 0.130. The van der Waals surface area contributed by atoms with Gasteiger partial charge in [-0.05, 0) is 44.6 Å². The van der Waals surface area contributed by atoms with Crippen LogP contribution in [-0.2, 0) is 4.79 Å². The molecule has 19 heavy (non-hydrogen) atoms. The first-order valence-electron chi connectivity index (χ1n) is 6.98. The number of carbonyl (C=O) groups excluding carboxylic acids is 1. The van der Waals surface area contributed by atoms with Crippen molar-refractivity contribution in [3.8, 4) is 0 Å². The smallest absolute Gasteiger partial charge is 0.279 e. The number of piperidine rings is 1. The molecule has 1 aromatic carbocycles. The Labute approximate surface area is 119 Å². The van der Waals surface area contributed by atoms with Crippen LogP contribution in [0.4, 0.5) is 5.69 Å². The Hall–Kier alpha value is -1.00. The van der Waals surface area contributed by atoms with Gasteiger partial charge >= 0.3 is 0 Å². The number of thioether (sulfide) groups is 1. The van der Waals surface area contributed by atoms with Crippen LogP contribution in [0.1, 0.15) is 26.2 Å². The fraction of sp³-hybridized carbons (Fsp3) is 0.533. The fourth-order valence-corrected chi connectivity index (χ4v) is 3.22. The van der Waals surface area contributed by atoms with E-state index < -0.39 is 0 Å². The van der Waals surface area contributed by atoms with Crippen molar-refractivity contribution in [3.05, 3.63) is 24.3 Å². The SMILES string of the molecule is CSc1ccccc1NC(=O)C[NH+]1CCCC[C@H]1C. The van der Waals surface area contributed by atoms with Crippen LogP contribution in [0.15, 0.2) is 29.2 Å². The second kappa shape index (κ2) is 6.96. The molecule has 1 saturated heterocycles. The number of para-hydroxylation sites is 1. The van der Waals surface area contributed by atoms with E-state index >= 15 is 0 Å². The molecule has 3 nitrogen and oxygen atoms in total. The molecule has 104 valence electrons. The molecule has 2 atom stereocenters. The summed E-state index contributed by atoms with van der Waals surface area (Å²) in [6.07, 6.45) is 5.82. The molecular formula is C15H23N2OS+. The van der Waals surface area contributed by atoms with Gasteiger partial charge < -0.3 is 10.2 Å². The van der Waals surface area contributed by atoms with E-state index in [1.807, 2.05) is 30.5 Å². The predicted octanol–water partition coefficient (Wildman–Crippen LogP) is 1.80. The highest BCUT2D eigenvalue weighted by Crippen LogP contribution is 2.24. The van der Waals surface area contributed by atoms with Crippen molar-refractivity contribution < 1.29 is 9.69 Å². The lowest BCUT2D eigenvalue weighted by atomic mass is 10.0. The summed E-state index contributed by atoms with van der Waals surface area (Å²) in [6.45, 7) is 3.96. The maximum Gasteiger partial charge on any atom is 0.279 e. The lowest BCUT2D eigenvalue weighted by Gasteiger charge is -2.29. The Morgan fingerprint density at radius 2 is 2.21 bits per heavy atom. The van der Waals surface area contributed by atoms with Crippen LogP contribution in [0, 0.1) is 0 Å². The monoisotopic (exact) mass is 279 g/mol. The average molecular weight is 279 g/mol. The molecule has 0 spiro atoms. The predicted molar refractivity (Wildman–Crippen MR) is 80.9 cm³/mol. The summed E-state index contributed by atoms with van der Waals surface area (Å²) >= 11 is 1.66. The summed E-state index contributed by atoms with van der Waals surface area (Å²) in [5, 5.41) is 3.05. The lowest BCUT2D eigenvalue weighted by Crippen LogP contribution is -3.17. The first-order valence-corrected chi connectivity index (χ1v) is 8.20. The van der Waals surface area contributed by atoms with Crippen molar-refractivity contribution >= 4 is 23.4 Å². The molecule has 2 rings (SSSR count). The van der Waals surface area contributed by atoms with Crippen LogP contribution < -0.4 is 10.2 Å². The molecule has 1 fully saturated rings. The number of hydrogen-bond acceptors (Lipinski definition) is 2. The summed E-state index contributed by atoms with van der Waals surface area (Å²) < 4.78 is 0. The quantitative estimate of drug-likeness (QED) is 0.824. The van der Waals surface area contributed by atoms with Gasteiger partial charge in [-0.2, -0.15) is 0 Å². The van der Waals surface area contributed by atoms with E-state index in [-0.39, 0.29) is 5.91 Å². The van der Waals surface area contributed by atoms with Crippen LogP contribution in [0.2, 0.25) is 0 Å². The molecule has 1 amide bonds. The maximum atomic E-state index is 12.2. The summed E-state index contributed by atoms with van der Waals surface area (Å²) in [4.78, 5) is 14.7. The number of anilines is 1. The molecule has 1 aromatic rings. The summed E-state index contributed by atoms with van der Waals surface area (Å²) in [7, 11) is 0. The van der Waals surface area contributed by atoms with Crippen LogP contribution in [0.25, 0.3) is 0 Å². The molecular weight excluding hydrogens is 256 g/mol. The van der Waals surface area contributed by atoms with Crippen LogP contribution in [0.3, 0.4) is 0 Å². The molecule has 1 aliphatic heterocycles. The van der Waals surface area contributed by atoms with Gasteiger partial charge in [0.1, 0.15) is 0 Å². The van der Waals surface area contributed by atoms with Crippen molar-refractivity contribution in [3.63, 3.8) is 0 Å². The van der Waals surface area contributed by atoms with Crippen LogP contribution in [-0.4, -0.2) is 31.3 Å². The molecule has 0 aromatic heterocycles. The standard InChI is InChI=1S/C15H22N2OS/c1-12-7-5-6-10-17(12)11-15(18)16-13-8-3-4-9-14(13)19-2/h3-4,8-9,12H,5-7,10-11H2,1-2H3,(H,16,18)/p+1/t12-/m1/s1. The second-order valence-corrected chi connectivity index (χ2v) is 6.08. The Balaban J connectivity index is 1.93. The Kier molecular flexibility index (Phi) is 5.28. The van der Waals surface area contributed by atoms with Crippen molar-refractivity contribution in [2.45, 2.75) is 37.1 Å². The van der Waals surface area contributed by atoms with Crippen LogP contribution in [0.5, 0.6) is 0 Å². The van der Waals surface area contributed by atoms with E-state index in [0.717, 1.165) is 17.1 Å². The zero-order chi connectivity index (χ0) is 13.7. The first-order chi connectivity index (χ1) is 9.20. The zero-order valence-corrected chi connectivity index (χ0v) is 12.6.